The van der Waals surface area contributed by atoms with Crippen molar-refractivity contribution in [3.05, 3.63) is 6.07 Å². The summed E-state index contributed by atoms with van der Waals surface area (Å²) in [4.78, 5) is 22.0. The minimum absolute atomic E-state index is 0.00293. The summed E-state index contributed by atoms with van der Waals surface area (Å²) >= 11 is 1.44. The van der Waals surface area contributed by atoms with Crippen LogP contribution in [-0.2, 0) is 4.79 Å². The number of carbonyl (C=O) groups is 1. The van der Waals surface area contributed by atoms with Crippen LogP contribution in [0.3, 0.4) is 0 Å². The molecule has 1 amide bonds. The van der Waals surface area contributed by atoms with E-state index in [1.54, 1.807) is 13.1 Å². The molecule has 1 aromatic heterocycles. The average molecular weight is 284 g/mol. The van der Waals surface area contributed by atoms with E-state index in [2.05, 4.69) is 20.7 Å². The summed E-state index contributed by atoms with van der Waals surface area (Å²) in [5, 5.41) is 3.26. The van der Waals surface area contributed by atoms with Crippen LogP contribution in [0.25, 0.3) is 0 Å². The molecule has 1 rings (SSSR count). The Kier molecular flexibility index (Phi) is 5.84. The Morgan fingerprint density at radius 1 is 1.58 bits per heavy atom. The quantitative estimate of drug-likeness (QED) is 0.299. The fourth-order valence-corrected chi connectivity index (χ4v) is 1.98. The van der Waals surface area contributed by atoms with Crippen LogP contribution in [0.15, 0.2) is 11.2 Å². The molecule has 7 nitrogen and oxygen atoms in total. The Bertz CT molecular complexity index is 419. The lowest BCUT2D eigenvalue weighted by Gasteiger charge is -2.22. The summed E-state index contributed by atoms with van der Waals surface area (Å²) in [6.07, 6.45) is 1.90. The second-order valence-electron chi connectivity index (χ2n) is 4.14. The van der Waals surface area contributed by atoms with Crippen LogP contribution in [0, 0.1) is 5.92 Å². The number of aromatic nitrogens is 2. The fraction of sp³-hybridized carbons (Fsp3) is 0.545. The van der Waals surface area contributed by atoms with Gasteiger partial charge in [-0.3, -0.25) is 4.79 Å². The van der Waals surface area contributed by atoms with Gasteiger partial charge in [-0.25, -0.2) is 15.8 Å². The molecular formula is C11H20N6OS. The van der Waals surface area contributed by atoms with Gasteiger partial charge in [0.1, 0.15) is 11.6 Å². The maximum Gasteiger partial charge on any atom is 0.224 e. The predicted octanol–water partition coefficient (Wildman–Crippen LogP) is 0.302. The van der Waals surface area contributed by atoms with Crippen molar-refractivity contribution in [2.24, 2.45) is 11.8 Å². The van der Waals surface area contributed by atoms with Crippen molar-refractivity contribution in [2.75, 3.05) is 37.2 Å². The molecule has 4 N–H and O–H groups in total. The maximum atomic E-state index is 11.5. The molecule has 19 heavy (non-hydrogen) atoms. The number of nitrogens with zero attached hydrogens (tertiary/aromatic N) is 3. The number of thioether (sulfide) groups is 1. The highest BCUT2D eigenvalue weighted by atomic mass is 32.2. The van der Waals surface area contributed by atoms with Crippen LogP contribution in [0.2, 0.25) is 0 Å². The zero-order valence-electron chi connectivity index (χ0n) is 11.6. The summed E-state index contributed by atoms with van der Waals surface area (Å²) in [6, 6.07) is 1.75. The first-order valence-electron chi connectivity index (χ1n) is 5.84. The summed E-state index contributed by atoms with van der Waals surface area (Å²) < 4.78 is 0. The topological polar surface area (TPSA) is 96.2 Å². The van der Waals surface area contributed by atoms with Gasteiger partial charge in [0.25, 0.3) is 0 Å². The van der Waals surface area contributed by atoms with Gasteiger partial charge >= 0.3 is 0 Å². The monoisotopic (exact) mass is 284 g/mol. The molecule has 0 bridgehead atoms. The number of nitrogens with two attached hydrogens (primary N) is 1. The second kappa shape index (κ2) is 7.15. The molecule has 0 aliphatic heterocycles. The van der Waals surface area contributed by atoms with Gasteiger partial charge < -0.3 is 15.6 Å². The summed E-state index contributed by atoms with van der Waals surface area (Å²) in [7, 11) is 3.51. The van der Waals surface area contributed by atoms with E-state index in [0.29, 0.717) is 17.5 Å². The smallest absolute Gasteiger partial charge is 0.224 e. The lowest BCUT2D eigenvalue weighted by Crippen LogP contribution is -2.34. The van der Waals surface area contributed by atoms with E-state index in [9.17, 15) is 4.79 Å². The van der Waals surface area contributed by atoms with Gasteiger partial charge in [-0.2, -0.15) is 0 Å². The SMILES string of the molecule is CNC(=O)C(C)CN(C)c1cc(NN)nc(SC)n1. The van der Waals surface area contributed by atoms with E-state index >= 15 is 0 Å². The van der Waals surface area contributed by atoms with Gasteiger partial charge in [-0.15, -0.1) is 0 Å². The Morgan fingerprint density at radius 2 is 2.26 bits per heavy atom. The van der Waals surface area contributed by atoms with Crippen LogP contribution in [-0.4, -0.2) is 42.8 Å². The number of carbonyl (C=O) groups excluding carboxylic acids is 1. The highest BCUT2D eigenvalue weighted by molar-refractivity contribution is 7.98. The van der Waals surface area contributed by atoms with Crippen LogP contribution in [0.1, 0.15) is 6.92 Å². The maximum absolute atomic E-state index is 11.5. The molecule has 1 aromatic rings. The van der Waals surface area contributed by atoms with E-state index in [1.165, 1.54) is 11.8 Å². The van der Waals surface area contributed by atoms with E-state index in [4.69, 9.17) is 5.84 Å². The molecule has 0 saturated carbocycles. The Labute approximate surface area is 117 Å². The summed E-state index contributed by atoms with van der Waals surface area (Å²) in [6.45, 7) is 2.43. The Hall–Kier alpha value is -1.54. The van der Waals surface area contributed by atoms with E-state index in [0.717, 1.165) is 5.82 Å². The number of hydrazine groups is 1. The summed E-state index contributed by atoms with van der Waals surface area (Å²) in [5.41, 5.74) is 2.51. The number of nitrogen functional groups attached to an aromatic ring is 1. The molecule has 0 saturated heterocycles. The van der Waals surface area contributed by atoms with Gasteiger partial charge in [0.15, 0.2) is 5.16 Å². The number of hydrogen-bond acceptors (Lipinski definition) is 7. The largest absolute Gasteiger partial charge is 0.359 e. The summed E-state index contributed by atoms with van der Waals surface area (Å²) in [5.74, 6) is 6.53. The van der Waals surface area contributed by atoms with Gasteiger partial charge in [-0.05, 0) is 6.26 Å². The van der Waals surface area contributed by atoms with Crippen LogP contribution in [0.4, 0.5) is 11.6 Å². The molecule has 1 heterocycles. The number of hydrogen-bond donors (Lipinski definition) is 3. The van der Waals surface area contributed by atoms with Crippen molar-refractivity contribution in [3.63, 3.8) is 0 Å². The van der Waals surface area contributed by atoms with Crippen molar-refractivity contribution in [1.29, 1.82) is 0 Å². The van der Waals surface area contributed by atoms with Gasteiger partial charge in [0, 0.05) is 26.7 Å². The first-order valence-corrected chi connectivity index (χ1v) is 7.06. The Morgan fingerprint density at radius 3 is 2.79 bits per heavy atom. The Balaban J connectivity index is 2.86. The number of anilines is 2. The molecule has 0 aromatic carbocycles. The van der Waals surface area contributed by atoms with E-state index < -0.39 is 0 Å². The van der Waals surface area contributed by atoms with Crippen molar-refractivity contribution in [1.82, 2.24) is 15.3 Å². The lowest BCUT2D eigenvalue weighted by molar-refractivity contribution is -0.123. The zero-order valence-corrected chi connectivity index (χ0v) is 12.4. The second-order valence-corrected chi connectivity index (χ2v) is 4.91. The van der Waals surface area contributed by atoms with Crippen LogP contribution < -0.4 is 21.5 Å². The zero-order chi connectivity index (χ0) is 14.4. The standard InChI is InChI=1S/C11H20N6OS/c1-7(10(18)13-2)6-17(3)9-5-8(16-12)14-11(15-9)19-4/h5,7H,6,12H2,1-4H3,(H,13,18)(H,14,15,16). The number of amides is 1. The molecule has 1 unspecified atom stereocenters. The molecule has 106 valence electrons. The molecule has 8 heteroatoms. The lowest BCUT2D eigenvalue weighted by atomic mass is 10.1. The highest BCUT2D eigenvalue weighted by Gasteiger charge is 2.15. The first-order chi connectivity index (χ1) is 9.01. The molecule has 0 radical (unpaired) electrons. The molecular weight excluding hydrogens is 264 g/mol. The third-order valence-corrected chi connectivity index (χ3v) is 3.20. The fourth-order valence-electron chi connectivity index (χ4n) is 1.61. The van der Waals surface area contributed by atoms with E-state index in [-0.39, 0.29) is 11.8 Å². The van der Waals surface area contributed by atoms with Gasteiger partial charge in [-0.1, -0.05) is 18.7 Å². The molecule has 0 aliphatic carbocycles. The van der Waals surface area contributed by atoms with Crippen LogP contribution in [0.5, 0.6) is 0 Å². The number of nitrogens with one attached hydrogen (secondary N) is 2. The van der Waals surface area contributed by atoms with E-state index in [1.807, 2.05) is 25.1 Å². The molecule has 1 atom stereocenters. The van der Waals surface area contributed by atoms with Crippen molar-refractivity contribution in [2.45, 2.75) is 12.1 Å². The molecule has 0 aliphatic rings. The normalized spacial score (nSPS) is 11.8. The minimum atomic E-state index is -0.128. The van der Waals surface area contributed by atoms with Crippen LogP contribution >= 0.6 is 11.8 Å². The van der Waals surface area contributed by atoms with Crippen molar-refractivity contribution < 1.29 is 4.79 Å². The molecule has 0 fully saturated rings. The van der Waals surface area contributed by atoms with Gasteiger partial charge in [0.05, 0.1) is 5.92 Å². The van der Waals surface area contributed by atoms with Crippen molar-refractivity contribution >= 4 is 29.3 Å². The predicted molar refractivity (Wildman–Crippen MR) is 78.1 cm³/mol. The first kappa shape index (κ1) is 15.5. The minimum Gasteiger partial charge on any atom is -0.359 e. The number of rotatable bonds is 6. The third-order valence-electron chi connectivity index (χ3n) is 2.66. The van der Waals surface area contributed by atoms with Crippen molar-refractivity contribution in [3.8, 4) is 0 Å². The third kappa shape index (κ3) is 4.25. The average Bonchev–Trinajstić information content (AvgIpc) is 2.45. The highest BCUT2D eigenvalue weighted by Crippen LogP contribution is 2.19. The molecule has 0 spiro atoms. The van der Waals surface area contributed by atoms with Gasteiger partial charge in [0.2, 0.25) is 5.91 Å².